The molecule has 0 aliphatic rings. The van der Waals surface area contributed by atoms with Gasteiger partial charge in [-0.15, -0.1) is 0 Å². The van der Waals surface area contributed by atoms with Crippen molar-refractivity contribution >= 4 is 34.3 Å². The second-order valence-electron chi connectivity index (χ2n) is 5.46. The molecule has 118 valence electrons. The maximum absolute atomic E-state index is 12.5. The first-order chi connectivity index (χ1) is 10.4. The van der Waals surface area contributed by atoms with Crippen LogP contribution in [0.25, 0.3) is 10.9 Å². The molecular formula is C16H20ClN3O2. The number of nitrogens with zero attached hydrogens (tertiary/aromatic N) is 1. The summed E-state index contributed by atoms with van der Waals surface area (Å²) in [6, 6.07) is 7.20. The average Bonchev–Trinajstić information content (AvgIpc) is 2.86. The Morgan fingerprint density at radius 3 is 2.68 bits per heavy atom. The number of aromatic amines is 1. The van der Waals surface area contributed by atoms with Crippen LogP contribution >= 0.6 is 11.6 Å². The Bertz CT molecular complexity index is 694. The summed E-state index contributed by atoms with van der Waals surface area (Å²) >= 11 is 5.95. The molecule has 0 fully saturated rings. The lowest BCUT2D eigenvalue weighted by Gasteiger charge is -2.20. The fourth-order valence-electron chi connectivity index (χ4n) is 2.26. The van der Waals surface area contributed by atoms with Crippen LogP contribution in [0, 0.1) is 0 Å². The zero-order valence-electron chi connectivity index (χ0n) is 12.9. The smallest absolute Gasteiger partial charge is 0.270 e. The molecule has 0 radical (unpaired) electrons. The third-order valence-electron chi connectivity index (χ3n) is 3.27. The van der Waals surface area contributed by atoms with Crippen LogP contribution in [0.5, 0.6) is 0 Å². The number of benzene rings is 1. The Labute approximate surface area is 134 Å². The minimum Gasteiger partial charge on any atom is -0.352 e. The van der Waals surface area contributed by atoms with Crippen LogP contribution in [0.15, 0.2) is 24.3 Å². The molecule has 0 spiro atoms. The quantitative estimate of drug-likeness (QED) is 0.889. The fraction of sp³-hybridized carbons (Fsp3) is 0.375. The molecular weight excluding hydrogens is 302 g/mol. The van der Waals surface area contributed by atoms with Crippen molar-refractivity contribution in [2.45, 2.75) is 26.8 Å². The van der Waals surface area contributed by atoms with E-state index in [-0.39, 0.29) is 24.4 Å². The molecule has 0 aliphatic heterocycles. The molecule has 2 aromatic rings. The first-order valence-electron chi connectivity index (χ1n) is 7.27. The second-order valence-corrected chi connectivity index (χ2v) is 5.89. The summed E-state index contributed by atoms with van der Waals surface area (Å²) < 4.78 is 0. The summed E-state index contributed by atoms with van der Waals surface area (Å²) in [5.74, 6) is -0.363. The van der Waals surface area contributed by atoms with Crippen molar-refractivity contribution in [1.82, 2.24) is 15.2 Å². The zero-order chi connectivity index (χ0) is 16.3. The number of aromatic nitrogens is 1. The van der Waals surface area contributed by atoms with Gasteiger partial charge in [0.05, 0.1) is 6.54 Å². The molecule has 2 rings (SSSR count). The van der Waals surface area contributed by atoms with Crippen molar-refractivity contribution < 1.29 is 9.59 Å². The molecule has 0 saturated heterocycles. The normalized spacial score (nSPS) is 11.0. The first-order valence-corrected chi connectivity index (χ1v) is 7.65. The van der Waals surface area contributed by atoms with Gasteiger partial charge in [-0.05, 0) is 45.0 Å². The lowest BCUT2D eigenvalue weighted by Crippen LogP contribution is -2.42. The van der Waals surface area contributed by atoms with Crippen molar-refractivity contribution in [3.8, 4) is 0 Å². The number of halogens is 1. The van der Waals surface area contributed by atoms with E-state index in [9.17, 15) is 9.59 Å². The maximum atomic E-state index is 12.5. The van der Waals surface area contributed by atoms with Gasteiger partial charge in [-0.1, -0.05) is 11.6 Å². The minimum absolute atomic E-state index is 0.0453. The standard InChI is InChI=1S/C16H20ClN3O2/c1-4-20(9-15(21)18-10(2)3)16(22)14-8-11-7-12(17)5-6-13(11)19-14/h5-8,10,19H,4,9H2,1-3H3,(H,18,21). The van der Waals surface area contributed by atoms with Crippen LogP contribution in [0.4, 0.5) is 0 Å². The number of likely N-dealkylation sites (N-methyl/N-ethyl adjacent to an activating group) is 1. The van der Waals surface area contributed by atoms with Crippen molar-refractivity contribution in [3.63, 3.8) is 0 Å². The number of carbonyl (C=O) groups excluding carboxylic acids is 2. The van der Waals surface area contributed by atoms with Gasteiger partial charge in [-0.2, -0.15) is 0 Å². The van der Waals surface area contributed by atoms with Gasteiger partial charge in [-0.3, -0.25) is 9.59 Å². The average molecular weight is 322 g/mol. The molecule has 0 atom stereocenters. The molecule has 0 saturated carbocycles. The third kappa shape index (κ3) is 3.80. The number of amides is 2. The highest BCUT2D eigenvalue weighted by atomic mass is 35.5. The maximum Gasteiger partial charge on any atom is 0.270 e. The number of H-pyrrole nitrogens is 1. The number of fused-ring (bicyclic) bond motifs is 1. The van der Waals surface area contributed by atoms with Gasteiger partial charge in [0.25, 0.3) is 5.91 Å². The van der Waals surface area contributed by atoms with E-state index in [1.807, 2.05) is 26.8 Å². The van der Waals surface area contributed by atoms with E-state index in [0.717, 1.165) is 10.9 Å². The largest absolute Gasteiger partial charge is 0.352 e. The summed E-state index contributed by atoms with van der Waals surface area (Å²) in [5.41, 5.74) is 1.30. The summed E-state index contributed by atoms with van der Waals surface area (Å²) in [4.78, 5) is 28.9. The molecule has 1 heterocycles. The lowest BCUT2D eigenvalue weighted by atomic mass is 10.2. The van der Waals surface area contributed by atoms with E-state index in [1.165, 1.54) is 4.90 Å². The van der Waals surface area contributed by atoms with Gasteiger partial charge in [0.1, 0.15) is 5.69 Å². The van der Waals surface area contributed by atoms with Crippen LogP contribution in [-0.2, 0) is 4.79 Å². The number of rotatable bonds is 5. The van der Waals surface area contributed by atoms with Gasteiger partial charge in [0, 0.05) is 28.5 Å². The molecule has 2 N–H and O–H groups in total. The number of hydrogen-bond donors (Lipinski definition) is 2. The highest BCUT2D eigenvalue weighted by Crippen LogP contribution is 2.20. The van der Waals surface area contributed by atoms with E-state index in [2.05, 4.69) is 10.3 Å². The predicted octanol–water partition coefficient (Wildman–Crippen LogP) is 2.81. The van der Waals surface area contributed by atoms with Crippen LogP contribution in [0.2, 0.25) is 5.02 Å². The summed E-state index contributed by atoms with van der Waals surface area (Å²) in [7, 11) is 0. The second kappa shape index (κ2) is 6.83. The number of nitrogens with one attached hydrogen (secondary N) is 2. The Hall–Kier alpha value is -2.01. The van der Waals surface area contributed by atoms with Gasteiger partial charge in [0.15, 0.2) is 0 Å². The van der Waals surface area contributed by atoms with Crippen molar-refractivity contribution in [1.29, 1.82) is 0 Å². The highest BCUT2D eigenvalue weighted by Gasteiger charge is 2.19. The van der Waals surface area contributed by atoms with Crippen LogP contribution in [0.1, 0.15) is 31.3 Å². The zero-order valence-corrected chi connectivity index (χ0v) is 13.7. The molecule has 1 aromatic heterocycles. The molecule has 2 amide bonds. The molecule has 1 aromatic carbocycles. The Morgan fingerprint density at radius 2 is 2.05 bits per heavy atom. The van der Waals surface area contributed by atoms with Crippen molar-refractivity contribution in [2.24, 2.45) is 0 Å². The Kier molecular flexibility index (Phi) is 5.08. The predicted molar refractivity (Wildman–Crippen MR) is 88.2 cm³/mol. The van der Waals surface area contributed by atoms with Crippen molar-refractivity contribution in [2.75, 3.05) is 13.1 Å². The summed E-state index contributed by atoms with van der Waals surface area (Å²) in [6.45, 7) is 6.12. The molecule has 0 aliphatic carbocycles. The van der Waals surface area contributed by atoms with E-state index in [1.54, 1.807) is 18.2 Å². The minimum atomic E-state index is -0.200. The van der Waals surface area contributed by atoms with Gasteiger partial charge in [0.2, 0.25) is 5.91 Å². The number of carbonyl (C=O) groups is 2. The molecule has 0 bridgehead atoms. The van der Waals surface area contributed by atoms with Crippen molar-refractivity contribution in [3.05, 3.63) is 35.0 Å². The Morgan fingerprint density at radius 1 is 1.32 bits per heavy atom. The third-order valence-corrected chi connectivity index (χ3v) is 3.50. The summed E-state index contributed by atoms with van der Waals surface area (Å²) in [5, 5.41) is 4.28. The molecule has 22 heavy (non-hydrogen) atoms. The SMILES string of the molecule is CCN(CC(=O)NC(C)C)C(=O)c1cc2cc(Cl)ccc2[nH]1. The van der Waals surface area contributed by atoms with E-state index < -0.39 is 0 Å². The van der Waals surface area contributed by atoms with E-state index >= 15 is 0 Å². The summed E-state index contributed by atoms with van der Waals surface area (Å²) in [6.07, 6.45) is 0. The van der Waals surface area contributed by atoms with E-state index in [0.29, 0.717) is 17.3 Å². The van der Waals surface area contributed by atoms with Crippen LogP contribution in [0.3, 0.4) is 0 Å². The fourth-order valence-corrected chi connectivity index (χ4v) is 2.44. The number of hydrogen-bond acceptors (Lipinski definition) is 2. The van der Waals surface area contributed by atoms with Crippen LogP contribution < -0.4 is 5.32 Å². The van der Waals surface area contributed by atoms with Gasteiger partial charge in [-0.25, -0.2) is 0 Å². The molecule has 6 heteroatoms. The topological polar surface area (TPSA) is 65.2 Å². The van der Waals surface area contributed by atoms with Gasteiger partial charge < -0.3 is 15.2 Å². The monoisotopic (exact) mass is 321 g/mol. The van der Waals surface area contributed by atoms with Crippen LogP contribution in [-0.4, -0.2) is 40.8 Å². The Balaban J connectivity index is 2.17. The van der Waals surface area contributed by atoms with Gasteiger partial charge >= 0.3 is 0 Å². The first kappa shape index (κ1) is 16.4. The lowest BCUT2D eigenvalue weighted by molar-refractivity contribution is -0.122. The van der Waals surface area contributed by atoms with E-state index in [4.69, 9.17) is 11.6 Å². The highest BCUT2D eigenvalue weighted by molar-refractivity contribution is 6.31. The molecule has 0 unspecified atom stereocenters. The molecule has 5 nitrogen and oxygen atoms in total.